The molecule has 0 unspecified atom stereocenters. The third-order valence-corrected chi connectivity index (χ3v) is 3.65. The lowest BCUT2D eigenvalue weighted by molar-refractivity contribution is -0.385. The van der Waals surface area contributed by atoms with E-state index in [4.69, 9.17) is 16.7 Å². The zero-order chi connectivity index (χ0) is 14.7. The fourth-order valence-electron chi connectivity index (χ4n) is 1.31. The van der Waals surface area contributed by atoms with E-state index in [2.05, 4.69) is 9.97 Å². The van der Waals surface area contributed by atoms with Crippen molar-refractivity contribution in [3.05, 3.63) is 51.3 Å². The van der Waals surface area contributed by atoms with Crippen molar-refractivity contribution in [3.8, 4) is 0 Å². The second kappa shape index (κ2) is 5.85. The van der Waals surface area contributed by atoms with Gasteiger partial charge in [0.05, 0.1) is 15.5 Å². The summed E-state index contributed by atoms with van der Waals surface area (Å²) >= 11 is 6.85. The standard InChI is InChI=1S/C11H6ClN3O4S/c12-8-2-1-3-13-10(8)20-9-7(11(16)17)4-6(5-14-9)15(18)19/h1-5H,(H,16,17). The van der Waals surface area contributed by atoms with Gasteiger partial charge in [-0.1, -0.05) is 11.6 Å². The van der Waals surface area contributed by atoms with Gasteiger partial charge in [-0.25, -0.2) is 14.8 Å². The first-order chi connectivity index (χ1) is 9.49. The Bertz CT molecular complexity index is 695. The number of pyridine rings is 2. The highest BCUT2D eigenvalue weighted by atomic mass is 35.5. The summed E-state index contributed by atoms with van der Waals surface area (Å²) in [6.45, 7) is 0. The second-order valence-corrected chi connectivity index (χ2v) is 4.89. The van der Waals surface area contributed by atoms with Crippen LogP contribution in [0.4, 0.5) is 5.69 Å². The molecule has 2 rings (SSSR count). The maximum absolute atomic E-state index is 11.1. The molecule has 0 spiro atoms. The summed E-state index contributed by atoms with van der Waals surface area (Å²) in [6.07, 6.45) is 2.49. The van der Waals surface area contributed by atoms with Gasteiger partial charge in [0.25, 0.3) is 5.69 Å². The van der Waals surface area contributed by atoms with E-state index in [9.17, 15) is 14.9 Å². The molecule has 0 amide bonds. The van der Waals surface area contributed by atoms with Gasteiger partial charge in [-0.15, -0.1) is 0 Å². The highest BCUT2D eigenvalue weighted by Crippen LogP contribution is 2.33. The van der Waals surface area contributed by atoms with Crippen molar-refractivity contribution in [2.75, 3.05) is 0 Å². The van der Waals surface area contributed by atoms with E-state index in [0.29, 0.717) is 10.0 Å². The number of nitrogens with zero attached hydrogens (tertiary/aromatic N) is 3. The van der Waals surface area contributed by atoms with Crippen LogP contribution in [0.1, 0.15) is 10.4 Å². The molecule has 2 heterocycles. The quantitative estimate of drug-likeness (QED) is 0.683. The summed E-state index contributed by atoms with van der Waals surface area (Å²) in [7, 11) is 0. The van der Waals surface area contributed by atoms with Gasteiger partial charge in [0, 0.05) is 12.3 Å². The third-order valence-electron chi connectivity index (χ3n) is 2.20. The Labute approximate surface area is 121 Å². The van der Waals surface area contributed by atoms with Gasteiger partial charge >= 0.3 is 5.97 Å². The van der Waals surface area contributed by atoms with Crippen molar-refractivity contribution in [2.24, 2.45) is 0 Å². The zero-order valence-corrected chi connectivity index (χ0v) is 11.3. The minimum absolute atomic E-state index is 0.0868. The predicted molar refractivity (Wildman–Crippen MR) is 71.2 cm³/mol. The van der Waals surface area contributed by atoms with Crippen LogP contribution in [-0.2, 0) is 0 Å². The van der Waals surface area contributed by atoms with Gasteiger partial charge < -0.3 is 5.11 Å². The monoisotopic (exact) mass is 311 g/mol. The topological polar surface area (TPSA) is 106 Å². The Kier molecular flexibility index (Phi) is 4.16. The molecular weight excluding hydrogens is 306 g/mol. The highest BCUT2D eigenvalue weighted by Gasteiger charge is 2.19. The lowest BCUT2D eigenvalue weighted by Gasteiger charge is -2.05. The first-order valence-corrected chi connectivity index (χ1v) is 6.34. The number of hydrogen-bond acceptors (Lipinski definition) is 6. The van der Waals surface area contributed by atoms with Crippen molar-refractivity contribution in [3.63, 3.8) is 0 Å². The molecule has 0 bridgehead atoms. The van der Waals surface area contributed by atoms with E-state index >= 15 is 0 Å². The summed E-state index contributed by atoms with van der Waals surface area (Å²) in [4.78, 5) is 28.9. The van der Waals surface area contributed by atoms with Crippen molar-refractivity contribution in [1.29, 1.82) is 0 Å². The molecule has 0 fully saturated rings. The van der Waals surface area contributed by atoms with Crippen LogP contribution in [0, 0.1) is 10.1 Å². The minimum atomic E-state index is -1.31. The van der Waals surface area contributed by atoms with Crippen molar-refractivity contribution in [2.45, 2.75) is 10.1 Å². The van der Waals surface area contributed by atoms with Gasteiger partial charge in [-0.2, -0.15) is 0 Å². The number of halogens is 1. The molecule has 1 N–H and O–H groups in total. The van der Waals surface area contributed by atoms with E-state index < -0.39 is 10.9 Å². The van der Waals surface area contributed by atoms with Gasteiger partial charge in [0.2, 0.25) is 0 Å². The van der Waals surface area contributed by atoms with Gasteiger partial charge in [0.15, 0.2) is 0 Å². The SMILES string of the molecule is O=C(O)c1cc([N+](=O)[O-])cnc1Sc1ncccc1Cl. The second-order valence-electron chi connectivity index (χ2n) is 3.50. The van der Waals surface area contributed by atoms with E-state index in [1.807, 2.05) is 0 Å². The molecule has 2 aromatic heterocycles. The molecule has 102 valence electrons. The van der Waals surface area contributed by atoms with Crippen LogP contribution >= 0.6 is 23.4 Å². The lowest BCUT2D eigenvalue weighted by Crippen LogP contribution is -2.03. The van der Waals surface area contributed by atoms with E-state index in [-0.39, 0.29) is 16.3 Å². The average Bonchev–Trinajstić information content (AvgIpc) is 2.41. The normalized spacial score (nSPS) is 10.2. The van der Waals surface area contributed by atoms with Crippen LogP contribution < -0.4 is 0 Å². The molecule has 7 nitrogen and oxygen atoms in total. The smallest absolute Gasteiger partial charge is 0.338 e. The maximum Gasteiger partial charge on any atom is 0.338 e. The van der Waals surface area contributed by atoms with Gasteiger partial charge in [-0.3, -0.25) is 10.1 Å². The molecule has 0 saturated carbocycles. The molecular formula is C11H6ClN3O4S. The fourth-order valence-corrected chi connectivity index (χ4v) is 2.37. The summed E-state index contributed by atoms with van der Waals surface area (Å²) in [5.41, 5.74) is -0.662. The van der Waals surface area contributed by atoms with Crippen LogP contribution in [0.2, 0.25) is 5.02 Å². The molecule has 20 heavy (non-hydrogen) atoms. The Morgan fingerprint density at radius 3 is 2.75 bits per heavy atom. The van der Waals surface area contributed by atoms with Crippen molar-refractivity contribution in [1.82, 2.24) is 9.97 Å². The fraction of sp³-hybridized carbons (Fsp3) is 0. The summed E-state index contributed by atoms with van der Waals surface area (Å²) in [5, 5.41) is 20.5. The first kappa shape index (κ1) is 14.2. The largest absolute Gasteiger partial charge is 0.478 e. The molecule has 0 atom stereocenters. The summed E-state index contributed by atoms with van der Waals surface area (Å²) < 4.78 is 0. The van der Waals surface area contributed by atoms with Gasteiger partial charge in [0.1, 0.15) is 16.2 Å². The minimum Gasteiger partial charge on any atom is -0.478 e. The first-order valence-electron chi connectivity index (χ1n) is 5.15. The van der Waals surface area contributed by atoms with E-state index in [1.54, 1.807) is 12.1 Å². The van der Waals surface area contributed by atoms with E-state index in [1.165, 1.54) is 6.20 Å². The number of carboxylic acid groups (broad SMARTS) is 1. The van der Waals surface area contributed by atoms with Crippen LogP contribution in [-0.4, -0.2) is 26.0 Å². The van der Waals surface area contributed by atoms with Crippen LogP contribution in [0.25, 0.3) is 0 Å². The molecule has 0 aliphatic carbocycles. The molecule has 9 heteroatoms. The average molecular weight is 312 g/mol. The lowest BCUT2D eigenvalue weighted by atomic mass is 10.3. The number of aromatic carboxylic acids is 1. The number of carboxylic acids is 1. The molecule has 0 aromatic carbocycles. The van der Waals surface area contributed by atoms with E-state index in [0.717, 1.165) is 24.0 Å². The molecule has 0 saturated heterocycles. The molecule has 2 aromatic rings. The maximum atomic E-state index is 11.1. The summed E-state index contributed by atoms with van der Waals surface area (Å²) in [6, 6.07) is 4.19. The molecule has 0 aliphatic heterocycles. The number of nitro groups is 1. The number of rotatable bonds is 4. The number of carbonyl (C=O) groups is 1. The highest BCUT2D eigenvalue weighted by molar-refractivity contribution is 7.99. The number of aromatic nitrogens is 2. The molecule has 0 radical (unpaired) electrons. The molecule has 0 aliphatic rings. The predicted octanol–water partition coefficient (Wildman–Crippen LogP) is 2.89. The zero-order valence-electron chi connectivity index (χ0n) is 9.69. The Morgan fingerprint density at radius 2 is 2.15 bits per heavy atom. The van der Waals surface area contributed by atoms with Crippen molar-refractivity contribution >= 4 is 35.0 Å². The van der Waals surface area contributed by atoms with Crippen LogP contribution in [0.5, 0.6) is 0 Å². The Morgan fingerprint density at radius 1 is 1.40 bits per heavy atom. The van der Waals surface area contributed by atoms with Gasteiger partial charge in [-0.05, 0) is 23.9 Å². The Hall–Kier alpha value is -2.19. The third kappa shape index (κ3) is 3.03. The van der Waals surface area contributed by atoms with Crippen LogP contribution in [0.3, 0.4) is 0 Å². The van der Waals surface area contributed by atoms with Crippen LogP contribution in [0.15, 0.2) is 40.6 Å². The number of hydrogen-bond donors (Lipinski definition) is 1. The summed E-state index contributed by atoms with van der Waals surface area (Å²) in [5.74, 6) is -1.31. The van der Waals surface area contributed by atoms with Crippen molar-refractivity contribution < 1.29 is 14.8 Å². The Balaban J connectivity index is 2.44.